The Morgan fingerprint density at radius 2 is 1.82 bits per heavy atom. The number of aromatic hydroxyl groups is 1. The molecule has 3 aromatic carbocycles. The Hall–Kier alpha value is -3.34. The van der Waals surface area contributed by atoms with Gasteiger partial charge in [-0.15, -0.1) is 0 Å². The van der Waals surface area contributed by atoms with Gasteiger partial charge >= 0.3 is 0 Å². The third kappa shape index (κ3) is 4.60. The van der Waals surface area contributed by atoms with Gasteiger partial charge in [0.15, 0.2) is 5.76 Å². The highest BCUT2D eigenvalue weighted by Crippen LogP contribution is 2.41. The molecule has 0 spiro atoms. The Kier molecular flexibility index (Phi) is 6.65. The van der Waals surface area contributed by atoms with Crippen LogP contribution in [0.15, 0.2) is 71.4 Å². The number of fused-ring (bicyclic) bond motifs is 2. The summed E-state index contributed by atoms with van der Waals surface area (Å²) in [7, 11) is -4.09. The van der Waals surface area contributed by atoms with Gasteiger partial charge in [0.25, 0.3) is 10.0 Å². The molecule has 0 unspecified atom stereocenters. The molecule has 3 heterocycles. The predicted octanol–water partition coefficient (Wildman–Crippen LogP) is 4.91. The van der Waals surface area contributed by atoms with Gasteiger partial charge in [-0.05, 0) is 42.5 Å². The number of ether oxygens (including phenoxy) is 1. The fourth-order valence-corrected chi connectivity index (χ4v) is 7.09. The Balaban J connectivity index is 1.41. The highest BCUT2D eigenvalue weighted by molar-refractivity contribution is 7.90. The number of allylic oxidation sites excluding steroid dienone is 1. The van der Waals surface area contributed by atoms with Gasteiger partial charge < -0.3 is 15.2 Å². The van der Waals surface area contributed by atoms with E-state index in [1.165, 1.54) is 36.5 Å². The molecule has 4 aromatic rings. The second-order valence-electron chi connectivity index (χ2n) is 9.38. The zero-order chi connectivity index (χ0) is 27.3. The van der Waals surface area contributed by atoms with Crippen molar-refractivity contribution in [2.75, 3.05) is 26.2 Å². The second kappa shape index (κ2) is 10.0. The number of hydrogen-bond donors (Lipinski definition) is 2. The van der Waals surface area contributed by atoms with Gasteiger partial charge in [0.1, 0.15) is 16.4 Å². The maximum Gasteiger partial charge on any atom is 0.269 e. The van der Waals surface area contributed by atoms with Crippen molar-refractivity contribution in [2.24, 2.45) is 0 Å². The summed E-state index contributed by atoms with van der Waals surface area (Å²) in [5, 5.41) is 14.8. The van der Waals surface area contributed by atoms with Gasteiger partial charge in [-0.3, -0.25) is 9.69 Å². The fourth-order valence-electron chi connectivity index (χ4n) is 4.96. The highest BCUT2D eigenvalue weighted by Gasteiger charge is 2.32. The first-order valence-electron chi connectivity index (χ1n) is 12.3. The lowest BCUT2D eigenvalue weighted by molar-refractivity contribution is 0.101. The van der Waals surface area contributed by atoms with Crippen LogP contribution in [0.3, 0.4) is 0 Å². The molecule has 0 radical (unpaired) electrons. The number of carbonyl (C=O) groups excluding carboxylic acids is 1. The van der Waals surface area contributed by atoms with Crippen molar-refractivity contribution in [3.05, 3.63) is 93.3 Å². The van der Waals surface area contributed by atoms with Gasteiger partial charge in [-0.25, -0.2) is 12.4 Å². The maximum absolute atomic E-state index is 13.6. The summed E-state index contributed by atoms with van der Waals surface area (Å²) in [5.41, 5.74) is 1.79. The molecule has 200 valence electrons. The van der Waals surface area contributed by atoms with Crippen LogP contribution in [-0.2, 0) is 16.6 Å². The van der Waals surface area contributed by atoms with Crippen molar-refractivity contribution < 1.29 is 23.1 Å². The van der Waals surface area contributed by atoms with Gasteiger partial charge in [0.2, 0.25) is 5.78 Å². The molecule has 0 atom stereocenters. The first kappa shape index (κ1) is 25.9. The number of hydrogen-bond acceptors (Lipinski definition) is 7. The topological polar surface area (TPSA) is 101 Å². The van der Waals surface area contributed by atoms with E-state index in [2.05, 4.69) is 10.2 Å². The van der Waals surface area contributed by atoms with Gasteiger partial charge in [0.05, 0.1) is 21.7 Å². The quantitative estimate of drug-likeness (QED) is 0.322. The zero-order valence-corrected chi connectivity index (χ0v) is 22.9. The maximum atomic E-state index is 13.6. The number of rotatable bonds is 5. The van der Waals surface area contributed by atoms with Crippen LogP contribution >= 0.6 is 23.2 Å². The van der Waals surface area contributed by atoms with Crippen LogP contribution in [0.25, 0.3) is 17.0 Å². The number of phenols is 1. The van der Waals surface area contributed by atoms with Gasteiger partial charge in [-0.1, -0.05) is 41.4 Å². The minimum Gasteiger partial charge on any atom is -0.507 e. The average molecular weight is 584 g/mol. The van der Waals surface area contributed by atoms with Crippen molar-refractivity contribution in [1.82, 2.24) is 14.2 Å². The largest absolute Gasteiger partial charge is 0.507 e. The number of aromatic nitrogens is 1. The number of phenolic OH excluding ortho intramolecular Hbond substituents is 1. The normalized spacial score (nSPS) is 17.1. The van der Waals surface area contributed by atoms with E-state index in [4.69, 9.17) is 27.9 Å². The molecule has 1 saturated heterocycles. The molecule has 1 fully saturated rings. The Bertz CT molecular complexity index is 1780. The first-order chi connectivity index (χ1) is 18.7. The molecule has 0 amide bonds. The Morgan fingerprint density at radius 1 is 1.05 bits per heavy atom. The van der Waals surface area contributed by atoms with Gasteiger partial charge in [-0.2, -0.15) is 0 Å². The summed E-state index contributed by atoms with van der Waals surface area (Å²) in [6.07, 6.45) is 2.97. The molecular formula is C28H23Cl2N3O5S. The summed E-state index contributed by atoms with van der Waals surface area (Å²) in [6, 6.07) is 14.2. The molecule has 11 heteroatoms. The third-order valence-electron chi connectivity index (χ3n) is 6.93. The Labute approximate surface area is 235 Å². The van der Waals surface area contributed by atoms with Crippen LogP contribution in [-0.4, -0.2) is 54.4 Å². The summed E-state index contributed by atoms with van der Waals surface area (Å²) < 4.78 is 34.4. The molecule has 1 aromatic heterocycles. The monoisotopic (exact) mass is 583 g/mol. The molecule has 2 aliphatic rings. The molecule has 6 rings (SSSR count). The van der Waals surface area contributed by atoms with E-state index in [0.717, 1.165) is 30.2 Å². The number of halogens is 2. The number of benzene rings is 3. The van der Waals surface area contributed by atoms with Crippen LogP contribution < -0.4 is 10.1 Å². The number of para-hydroxylation sites is 1. The van der Waals surface area contributed by atoms with Gasteiger partial charge in [0, 0.05) is 54.9 Å². The van der Waals surface area contributed by atoms with Crippen LogP contribution in [0, 0.1) is 0 Å². The van der Waals surface area contributed by atoms with E-state index in [1.54, 1.807) is 30.3 Å². The number of piperazine rings is 1. The molecule has 0 saturated carbocycles. The van der Waals surface area contributed by atoms with Crippen molar-refractivity contribution in [2.45, 2.75) is 11.4 Å². The molecule has 0 bridgehead atoms. The Morgan fingerprint density at radius 3 is 2.59 bits per heavy atom. The second-order valence-corrected chi connectivity index (χ2v) is 12.0. The van der Waals surface area contributed by atoms with Crippen molar-refractivity contribution in [3.8, 4) is 11.5 Å². The van der Waals surface area contributed by atoms with E-state index in [0.29, 0.717) is 44.9 Å². The van der Waals surface area contributed by atoms with E-state index in [1.807, 2.05) is 0 Å². The summed E-state index contributed by atoms with van der Waals surface area (Å²) in [6.45, 7) is 3.75. The summed E-state index contributed by atoms with van der Waals surface area (Å²) in [5.74, 6) is 0.0898. The van der Waals surface area contributed by atoms with Crippen molar-refractivity contribution in [3.63, 3.8) is 0 Å². The number of nitrogens with one attached hydrogen (secondary N) is 1. The average Bonchev–Trinajstić information content (AvgIpc) is 3.44. The lowest BCUT2D eigenvalue weighted by Crippen LogP contribution is -2.42. The number of carbonyl (C=O) groups is 1. The fraction of sp³-hybridized carbons (Fsp3) is 0.179. The van der Waals surface area contributed by atoms with Crippen LogP contribution in [0.4, 0.5) is 0 Å². The lowest BCUT2D eigenvalue weighted by Gasteiger charge is -2.27. The highest BCUT2D eigenvalue weighted by atomic mass is 35.5. The summed E-state index contributed by atoms with van der Waals surface area (Å²) in [4.78, 5) is 15.4. The van der Waals surface area contributed by atoms with E-state index < -0.39 is 10.0 Å². The van der Waals surface area contributed by atoms with E-state index >= 15 is 0 Å². The molecular weight excluding hydrogens is 561 g/mol. The van der Waals surface area contributed by atoms with Crippen LogP contribution in [0.5, 0.6) is 11.5 Å². The summed E-state index contributed by atoms with van der Waals surface area (Å²) >= 11 is 12.2. The number of nitrogens with zero attached hydrogens (tertiary/aromatic N) is 2. The minimum absolute atomic E-state index is 0.00163. The van der Waals surface area contributed by atoms with Crippen molar-refractivity contribution >= 4 is 56.0 Å². The minimum atomic E-state index is -4.09. The molecule has 2 aliphatic heterocycles. The van der Waals surface area contributed by atoms with E-state index in [-0.39, 0.29) is 27.2 Å². The number of Topliss-reactive ketones (excluding diaryl/α,β-unsaturated/α-hetero) is 1. The smallest absolute Gasteiger partial charge is 0.269 e. The lowest BCUT2D eigenvalue weighted by atomic mass is 10.0. The van der Waals surface area contributed by atoms with Crippen LogP contribution in [0.1, 0.15) is 21.5 Å². The molecule has 39 heavy (non-hydrogen) atoms. The predicted molar refractivity (Wildman–Crippen MR) is 150 cm³/mol. The standard InChI is InChI=1S/C28H23Cl2N3O5S/c29-18-5-8-26(22(30)14-18)39(36,37)33-15-17(19-3-1-2-4-23(19)33)13-25-27(35)20-6-7-24(34)21(28(20)38-25)16-32-11-9-31-10-12-32/h1-8,13-15,31,34H,9-12,16H2. The SMILES string of the molecule is O=C1C(=Cc2cn(S(=O)(=O)c3ccc(Cl)cc3Cl)c3ccccc23)Oc2c1ccc(O)c2CN1CCNCC1. The van der Waals surface area contributed by atoms with Crippen LogP contribution in [0.2, 0.25) is 10.0 Å². The first-order valence-corrected chi connectivity index (χ1v) is 14.5. The molecule has 2 N–H and O–H groups in total. The zero-order valence-electron chi connectivity index (χ0n) is 20.5. The number of ketones is 1. The molecule has 8 nitrogen and oxygen atoms in total. The van der Waals surface area contributed by atoms with E-state index in [9.17, 15) is 18.3 Å². The molecule has 0 aliphatic carbocycles. The third-order valence-corrected chi connectivity index (χ3v) is 9.33. The van der Waals surface area contributed by atoms with Crippen molar-refractivity contribution in [1.29, 1.82) is 0 Å².